The van der Waals surface area contributed by atoms with Crippen molar-refractivity contribution in [2.45, 2.75) is 0 Å². The van der Waals surface area contributed by atoms with Gasteiger partial charge in [-0.3, -0.25) is 4.79 Å². The number of hydrogen-bond donors (Lipinski definition) is 0. The fourth-order valence-electron chi connectivity index (χ4n) is 3.36. The summed E-state index contributed by atoms with van der Waals surface area (Å²) in [6.07, 6.45) is 1.74. The zero-order valence-electron chi connectivity index (χ0n) is 19.5. The average molecular weight is 517 g/mol. The number of hydrogen-bond acceptors (Lipinski definition) is 7. The van der Waals surface area contributed by atoms with E-state index >= 15 is 0 Å². The molecule has 0 aliphatic rings. The molecule has 0 spiro atoms. The fourth-order valence-corrected chi connectivity index (χ4v) is 4.28. The standard InChI is InChI=1S/C28H21ClN2O4S/c1-33-23-10-6-19(7-11-23)24-17-36-28(31-24)21(15-30)13-18-3-12-26(27(14-18)34-2)35-16-25(32)20-4-8-22(29)9-5-20/h3-14,17H,16H2,1-2H3. The molecular formula is C28H21ClN2O4S. The van der Waals surface area contributed by atoms with Crippen molar-refractivity contribution >= 4 is 40.4 Å². The molecular weight excluding hydrogens is 496 g/mol. The number of nitrogens with zero attached hydrogens (tertiary/aromatic N) is 2. The number of ketones is 1. The Morgan fingerprint density at radius 2 is 1.78 bits per heavy atom. The van der Waals surface area contributed by atoms with E-state index in [4.69, 9.17) is 25.8 Å². The predicted octanol–water partition coefficient (Wildman–Crippen LogP) is 6.81. The Kier molecular flexibility index (Phi) is 8.01. The number of halogens is 1. The highest BCUT2D eigenvalue weighted by molar-refractivity contribution is 7.11. The SMILES string of the molecule is COc1ccc(-c2csc(C(C#N)=Cc3ccc(OCC(=O)c4ccc(Cl)cc4)c(OC)c3)n2)cc1. The van der Waals surface area contributed by atoms with Gasteiger partial charge in [0.1, 0.15) is 16.8 Å². The molecule has 0 unspecified atom stereocenters. The molecule has 0 saturated heterocycles. The molecule has 0 fully saturated rings. The highest BCUT2D eigenvalue weighted by atomic mass is 35.5. The lowest BCUT2D eigenvalue weighted by Gasteiger charge is -2.11. The van der Waals surface area contributed by atoms with E-state index in [0.717, 1.165) is 22.6 Å². The fraction of sp³-hybridized carbons (Fsp3) is 0.107. The molecule has 0 aliphatic carbocycles. The monoisotopic (exact) mass is 516 g/mol. The van der Waals surface area contributed by atoms with Gasteiger partial charge in [-0.2, -0.15) is 5.26 Å². The van der Waals surface area contributed by atoms with Crippen molar-refractivity contribution in [3.63, 3.8) is 0 Å². The molecule has 1 heterocycles. The summed E-state index contributed by atoms with van der Waals surface area (Å²) in [5.41, 5.74) is 3.39. The van der Waals surface area contributed by atoms with Crippen LogP contribution in [0.1, 0.15) is 20.9 Å². The Morgan fingerprint density at radius 3 is 2.44 bits per heavy atom. The Balaban J connectivity index is 1.50. The third-order valence-corrected chi connectivity index (χ3v) is 6.39. The van der Waals surface area contributed by atoms with E-state index in [0.29, 0.717) is 32.7 Å². The summed E-state index contributed by atoms with van der Waals surface area (Å²) in [7, 11) is 3.14. The lowest BCUT2D eigenvalue weighted by Crippen LogP contribution is -2.12. The molecule has 0 N–H and O–H groups in total. The van der Waals surface area contributed by atoms with E-state index in [1.807, 2.05) is 29.6 Å². The molecule has 0 atom stereocenters. The van der Waals surface area contributed by atoms with E-state index in [1.165, 1.54) is 18.4 Å². The van der Waals surface area contributed by atoms with Gasteiger partial charge in [-0.15, -0.1) is 11.3 Å². The Hall–Kier alpha value is -4.12. The van der Waals surface area contributed by atoms with Gasteiger partial charge in [0, 0.05) is 21.5 Å². The first-order valence-corrected chi connectivity index (χ1v) is 12.1. The number of ether oxygens (including phenoxy) is 3. The summed E-state index contributed by atoms with van der Waals surface area (Å²) in [4.78, 5) is 17.0. The minimum atomic E-state index is -0.180. The van der Waals surface area contributed by atoms with Crippen molar-refractivity contribution in [2.75, 3.05) is 20.8 Å². The highest BCUT2D eigenvalue weighted by Crippen LogP contribution is 2.32. The smallest absolute Gasteiger partial charge is 0.200 e. The first kappa shape index (κ1) is 25.0. The quantitative estimate of drug-likeness (QED) is 0.179. The van der Waals surface area contributed by atoms with Crippen LogP contribution in [0.5, 0.6) is 17.2 Å². The number of allylic oxidation sites excluding steroid dienone is 1. The van der Waals surface area contributed by atoms with Gasteiger partial charge < -0.3 is 14.2 Å². The van der Waals surface area contributed by atoms with Crippen molar-refractivity contribution in [2.24, 2.45) is 0 Å². The van der Waals surface area contributed by atoms with Gasteiger partial charge in [0.15, 0.2) is 23.9 Å². The molecule has 180 valence electrons. The Labute approximate surface area is 218 Å². The van der Waals surface area contributed by atoms with Crippen LogP contribution in [0.25, 0.3) is 22.9 Å². The summed E-state index contributed by atoms with van der Waals surface area (Å²) >= 11 is 7.27. The number of Topliss-reactive ketones (excluding diaryl/α,β-unsaturated/α-hetero) is 1. The van der Waals surface area contributed by atoms with Crippen LogP contribution in [-0.2, 0) is 0 Å². The number of benzene rings is 3. The number of aromatic nitrogens is 1. The molecule has 0 radical (unpaired) electrons. The molecule has 1 aromatic heterocycles. The second-order valence-corrected chi connectivity index (χ2v) is 8.86. The van der Waals surface area contributed by atoms with Crippen LogP contribution in [0.2, 0.25) is 5.02 Å². The minimum Gasteiger partial charge on any atom is -0.497 e. The summed E-state index contributed by atoms with van der Waals surface area (Å²) in [5.74, 6) is 1.46. The first-order valence-electron chi connectivity index (χ1n) is 10.8. The predicted molar refractivity (Wildman–Crippen MR) is 142 cm³/mol. The normalized spacial score (nSPS) is 11.0. The third-order valence-electron chi connectivity index (χ3n) is 5.26. The van der Waals surface area contributed by atoms with Crippen LogP contribution >= 0.6 is 22.9 Å². The van der Waals surface area contributed by atoms with Crippen molar-refractivity contribution in [1.29, 1.82) is 5.26 Å². The Bertz CT molecular complexity index is 1440. The number of thiazole rings is 1. The number of rotatable bonds is 9. The minimum absolute atomic E-state index is 0.149. The summed E-state index contributed by atoms with van der Waals surface area (Å²) in [6.45, 7) is -0.149. The average Bonchev–Trinajstić information content (AvgIpc) is 3.41. The van der Waals surface area contributed by atoms with Gasteiger partial charge in [0.05, 0.1) is 25.5 Å². The maximum atomic E-state index is 12.4. The molecule has 3 aromatic carbocycles. The van der Waals surface area contributed by atoms with Gasteiger partial charge in [-0.25, -0.2) is 4.98 Å². The van der Waals surface area contributed by atoms with Crippen LogP contribution in [0.15, 0.2) is 72.1 Å². The van der Waals surface area contributed by atoms with Crippen molar-refractivity contribution in [3.05, 3.63) is 93.3 Å². The topological polar surface area (TPSA) is 81.4 Å². The molecule has 0 aliphatic heterocycles. The molecule has 36 heavy (non-hydrogen) atoms. The molecule has 6 nitrogen and oxygen atoms in total. The van der Waals surface area contributed by atoms with E-state index in [2.05, 4.69) is 11.1 Å². The van der Waals surface area contributed by atoms with Gasteiger partial charge in [0.2, 0.25) is 0 Å². The maximum Gasteiger partial charge on any atom is 0.200 e. The Morgan fingerprint density at radius 1 is 1.03 bits per heavy atom. The zero-order valence-corrected chi connectivity index (χ0v) is 21.1. The van der Waals surface area contributed by atoms with Gasteiger partial charge >= 0.3 is 0 Å². The van der Waals surface area contributed by atoms with E-state index in [1.54, 1.807) is 55.7 Å². The highest BCUT2D eigenvalue weighted by Gasteiger charge is 2.13. The number of methoxy groups -OCH3 is 2. The maximum absolute atomic E-state index is 12.4. The van der Waals surface area contributed by atoms with Crippen LogP contribution in [-0.4, -0.2) is 31.6 Å². The lowest BCUT2D eigenvalue weighted by atomic mass is 10.1. The number of carbonyl (C=O) groups excluding carboxylic acids is 1. The van der Waals surface area contributed by atoms with E-state index < -0.39 is 0 Å². The van der Waals surface area contributed by atoms with Crippen molar-refractivity contribution in [3.8, 4) is 34.6 Å². The summed E-state index contributed by atoms with van der Waals surface area (Å²) in [6, 6.07) is 21.7. The van der Waals surface area contributed by atoms with Crippen LogP contribution < -0.4 is 14.2 Å². The van der Waals surface area contributed by atoms with E-state index in [-0.39, 0.29) is 12.4 Å². The second kappa shape index (κ2) is 11.5. The lowest BCUT2D eigenvalue weighted by molar-refractivity contribution is 0.0919. The largest absolute Gasteiger partial charge is 0.497 e. The number of carbonyl (C=O) groups is 1. The van der Waals surface area contributed by atoms with Crippen LogP contribution in [0, 0.1) is 11.3 Å². The van der Waals surface area contributed by atoms with E-state index in [9.17, 15) is 10.1 Å². The van der Waals surface area contributed by atoms with Gasteiger partial charge in [-0.05, 0) is 72.3 Å². The molecule has 0 amide bonds. The first-order chi connectivity index (χ1) is 17.5. The summed E-state index contributed by atoms with van der Waals surface area (Å²) < 4.78 is 16.4. The van der Waals surface area contributed by atoms with Gasteiger partial charge in [0.25, 0.3) is 0 Å². The van der Waals surface area contributed by atoms with Crippen molar-refractivity contribution in [1.82, 2.24) is 4.98 Å². The van der Waals surface area contributed by atoms with Crippen LogP contribution in [0.4, 0.5) is 0 Å². The second-order valence-electron chi connectivity index (χ2n) is 7.57. The zero-order chi connectivity index (χ0) is 25.5. The van der Waals surface area contributed by atoms with Crippen molar-refractivity contribution < 1.29 is 19.0 Å². The molecule has 4 rings (SSSR count). The van der Waals surface area contributed by atoms with Crippen LogP contribution in [0.3, 0.4) is 0 Å². The summed E-state index contributed by atoms with van der Waals surface area (Å²) in [5, 5.41) is 12.9. The number of nitriles is 1. The third kappa shape index (κ3) is 5.92. The molecule has 0 saturated carbocycles. The molecule has 8 heteroatoms. The van der Waals surface area contributed by atoms with Gasteiger partial charge in [-0.1, -0.05) is 17.7 Å². The molecule has 0 bridgehead atoms. The molecule has 4 aromatic rings.